The number of rotatable bonds is 3. The molecule has 4 nitrogen and oxygen atoms in total. The van der Waals surface area contributed by atoms with Crippen LogP contribution in [0.25, 0.3) is 0 Å². The van der Waals surface area contributed by atoms with Crippen molar-refractivity contribution in [1.82, 2.24) is 0 Å². The number of piperidine rings is 1. The lowest BCUT2D eigenvalue weighted by Crippen LogP contribution is -2.37. The van der Waals surface area contributed by atoms with Crippen LogP contribution in [0.15, 0.2) is 18.2 Å². The van der Waals surface area contributed by atoms with Crippen LogP contribution in [-0.4, -0.2) is 25.2 Å². The lowest BCUT2D eigenvalue weighted by molar-refractivity contribution is 0.0527. The molecule has 1 atom stereocenters. The molecule has 1 fully saturated rings. The minimum absolute atomic E-state index is 0.349. The van der Waals surface area contributed by atoms with E-state index in [9.17, 15) is 4.79 Å². The van der Waals surface area contributed by atoms with Crippen molar-refractivity contribution in [3.05, 3.63) is 23.8 Å². The van der Waals surface area contributed by atoms with Crippen molar-refractivity contribution < 1.29 is 9.53 Å². The van der Waals surface area contributed by atoms with Gasteiger partial charge in [-0.05, 0) is 51.3 Å². The Balaban J connectivity index is 2.20. The smallest absolute Gasteiger partial charge is 0.340 e. The fourth-order valence-corrected chi connectivity index (χ4v) is 2.61. The van der Waals surface area contributed by atoms with Gasteiger partial charge in [-0.2, -0.15) is 0 Å². The molecule has 0 saturated carbocycles. The van der Waals surface area contributed by atoms with E-state index in [0.717, 1.165) is 12.2 Å². The van der Waals surface area contributed by atoms with Crippen LogP contribution in [0.4, 0.5) is 11.4 Å². The highest BCUT2D eigenvalue weighted by Gasteiger charge is 2.20. The van der Waals surface area contributed by atoms with Gasteiger partial charge >= 0.3 is 5.97 Å². The Morgan fingerprint density at radius 2 is 2.26 bits per heavy atom. The fourth-order valence-electron chi connectivity index (χ4n) is 2.61. The van der Waals surface area contributed by atoms with Crippen molar-refractivity contribution >= 4 is 17.3 Å². The van der Waals surface area contributed by atoms with E-state index in [1.54, 1.807) is 13.0 Å². The summed E-state index contributed by atoms with van der Waals surface area (Å²) in [6.07, 6.45) is 3.71. The summed E-state index contributed by atoms with van der Waals surface area (Å²) >= 11 is 0. The Morgan fingerprint density at radius 3 is 2.89 bits per heavy atom. The molecule has 0 spiro atoms. The first-order valence-electron chi connectivity index (χ1n) is 6.96. The topological polar surface area (TPSA) is 55.6 Å². The third kappa shape index (κ3) is 3.00. The van der Waals surface area contributed by atoms with Crippen LogP contribution in [-0.2, 0) is 4.74 Å². The van der Waals surface area contributed by atoms with E-state index in [2.05, 4.69) is 11.8 Å². The van der Waals surface area contributed by atoms with Crippen LogP contribution in [0, 0.1) is 0 Å². The van der Waals surface area contributed by atoms with Gasteiger partial charge in [-0.1, -0.05) is 0 Å². The quantitative estimate of drug-likeness (QED) is 0.672. The molecule has 0 aromatic heterocycles. The Morgan fingerprint density at radius 1 is 1.47 bits per heavy atom. The molecule has 0 amide bonds. The molecule has 1 aromatic rings. The number of hydrogen-bond acceptors (Lipinski definition) is 4. The highest BCUT2D eigenvalue weighted by atomic mass is 16.5. The summed E-state index contributed by atoms with van der Waals surface area (Å²) in [6.45, 7) is 5.44. The van der Waals surface area contributed by atoms with Gasteiger partial charge in [-0.25, -0.2) is 4.79 Å². The summed E-state index contributed by atoms with van der Waals surface area (Å²) in [5.74, 6) is -0.349. The van der Waals surface area contributed by atoms with Gasteiger partial charge in [-0.15, -0.1) is 0 Å². The van der Waals surface area contributed by atoms with E-state index in [1.165, 1.54) is 19.3 Å². The standard InChI is InChI=1S/C15H22N2O2/c1-3-19-15(18)13-8-7-12(10-14(13)16)17-9-5-4-6-11(17)2/h7-8,10-11H,3-6,9,16H2,1-2H3. The zero-order chi connectivity index (χ0) is 13.8. The molecule has 0 aliphatic carbocycles. The third-order valence-electron chi connectivity index (χ3n) is 3.67. The summed E-state index contributed by atoms with van der Waals surface area (Å²) in [6, 6.07) is 6.14. The van der Waals surface area contributed by atoms with Crippen LogP contribution in [0.5, 0.6) is 0 Å². The minimum Gasteiger partial charge on any atom is -0.462 e. The number of nitrogen functional groups attached to an aromatic ring is 1. The van der Waals surface area contributed by atoms with Crippen LogP contribution in [0.2, 0.25) is 0 Å². The molecule has 2 rings (SSSR count). The highest BCUT2D eigenvalue weighted by Crippen LogP contribution is 2.27. The lowest BCUT2D eigenvalue weighted by Gasteiger charge is -2.35. The number of carbonyl (C=O) groups is 1. The molecule has 1 aliphatic rings. The SMILES string of the molecule is CCOC(=O)c1ccc(N2CCCCC2C)cc1N. The molecule has 0 bridgehead atoms. The first kappa shape index (κ1) is 13.7. The maximum Gasteiger partial charge on any atom is 0.340 e. The summed E-state index contributed by atoms with van der Waals surface area (Å²) in [4.78, 5) is 14.1. The molecule has 19 heavy (non-hydrogen) atoms. The van der Waals surface area contributed by atoms with Gasteiger partial charge in [0.1, 0.15) is 0 Å². The van der Waals surface area contributed by atoms with Crippen molar-refractivity contribution in [3.8, 4) is 0 Å². The summed E-state index contributed by atoms with van der Waals surface area (Å²) in [5.41, 5.74) is 8.02. The van der Waals surface area contributed by atoms with E-state index in [0.29, 0.717) is 23.9 Å². The van der Waals surface area contributed by atoms with E-state index >= 15 is 0 Å². The Kier molecular flexibility index (Phi) is 4.30. The van der Waals surface area contributed by atoms with Crippen molar-refractivity contribution in [1.29, 1.82) is 0 Å². The number of nitrogens with two attached hydrogens (primary N) is 1. The molecule has 1 aliphatic heterocycles. The van der Waals surface area contributed by atoms with Crippen LogP contribution >= 0.6 is 0 Å². The van der Waals surface area contributed by atoms with Crippen LogP contribution in [0.1, 0.15) is 43.5 Å². The van der Waals surface area contributed by atoms with Gasteiger partial charge in [0.25, 0.3) is 0 Å². The van der Waals surface area contributed by atoms with Crippen LogP contribution < -0.4 is 10.6 Å². The van der Waals surface area contributed by atoms with Crippen molar-refractivity contribution in [2.75, 3.05) is 23.8 Å². The number of ether oxygens (including phenoxy) is 1. The number of nitrogens with zero attached hydrogens (tertiary/aromatic N) is 1. The van der Waals surface area contributed by atoms with Crippen LogP contribution in [0.3, 0.4) is 0 Å². The predicted octanol–water partition coefficient (Wildman–Crippen LogP) is 2.82. The van der Waals surface area contributed by atoms with Gasteiger partial charge in [0, 0.05) is 24.0 Å². The van der Waals surface area contributed by atoms with Gasteiger partial charge in [0.2, 0.25) is 0 Å². The first-order valence-corrected chi connectivity index (χ1v) is 6.96. The van der Waals surface area contributed by atoms with Crippen molar-refractivity contribution in [2.45, 2.75) is 39.2 Å². The maximum atomic E-state index is 11.7. The molecular formula is C15H22N2O2. The summed E-state index contributed by atoms with van der Waals surface area (Å²) < 4.78 is 4.98. The van der Waals surface area contributed by atoms with Gasteiger partial charge < -0.3 is 15.4 Å². The normalized spacial score (nSPS) is 19.3. The largest absolute Gasteiger partial charge is 0.462 e. The molecule has 1 unspecified atom stereocenters. The monoisotopic (exact) mass is 262 g/mol. The van der Waals surface area contributed by atoms with Gasteiger partial charge in [-0.3, -0.25) is 0 Å². The Bertz CT molecular complexity index is 459. The van der Waals surface area contributed by atoms with Gasteiger partial charge in [0.15, 0.2) is 0 Å². The predicted molar refractivity (Wildman–Crippen MR) is 77.5 cm³/mol. The maximum absolute atomic E-state index is 11.7. The highest BCUT2D eigenvalue weighted by molar-refractivity contribution is 5.95. The van der Waals surface area contributed by atoms with E-state index in [4.69, 9.17) is 10.5 Å². The number of carbonyl (C=O) groups excluding carboxylic acids is 1. The van der Waals surface area contributed by atoms with E-state index in [-0.39, 0.29) is 5.97 Å². The average molecular weight is 262 g/mol. The molecule has 0 radical (unpaired) electrons. The molecule has 2 N–H and O–H groups in total. The second-order valence-corrected chi connectivity index (χ2v) is 5.03. The fraction of sp³-hybridized carbons (Fsp3) is 0.533. The number of anilines is 2. The molecular weight excluding hydrogens is 240 g/mol. The summed E-state index contributed by atoms with van der Waals surface area (Å²) in [7, 11) is 0. The molecule has 4 heteroatoms. The van der Waals surface area contributed by atoms with Gasteiger partial charge in [0.05, 0.1) is 12.2 Å². The average Bonchev–Trinajstić information content (AvgIpc) is 2.39. The van der Waals surface area contributed by atoms with E-state index in [1.807, 2.05) is 12.1 Å². The number of benzene rings is 1. The molecule has 104 valence electrons. The number of esters is 1. The Hall–Kier alpha value is -1.71. The Labute approximate surface area is 114 Å². The molecule has 1 aromatic carbocycles. The molecule has 1 heterocycles. The van der Waals surface area contributed by atoms with Crippen molar-refractivity contribution in [3.63, 3.8) is 0 Å². The second-order valence-electron chi connectivity index (χ2n) is 5.03. The second kappa shape index (κ2) is 5.95. The number of hydrogen-bond donors (Lipinski definition) is 1. The molecule has 1 saturated heterocycles. The zero-order valence-corrected chi connectivity index (χ0v) is 11.7. The lowest BCUT2D eigenvalue weighted by atomic mass is 10.0. The third-order valence-corrected chi connectivity index (χ3v) is 3.67. The summed E-state index contributed by atoms with van der Waals surface area (Å²) in [5, 5.41) is 0. The van der Waals surface area contributed by atoms with E-state index < -0.39 is 0 Å². The minimum atomic E-state index is -0.349. The first-order chi connectivity index (χ1) is 9.13. The zero-order valence-electron chi connectivity index (χ0n) is 11.7. The van der Waals surface area contributed by atoms with Crippen molar-refractivity contribution in [2.24, 2.45) is 0 Å².